The van der Waals surface area contributed by atoms with Crippen molar-refractivity contribution in [3.63, 3.8) is 0 Å². The average Bonchev–Trinajstić information content (AvgIpc) is 2.52. The van der Waals surface area contributed by atoms with Crippen LogP contribution >= 0.6 is 0 Å². The Morgan fingerprint density at radius 2 is 1.00 bits per heavy atom. The molecule has 0 unspecified atom stereocenters. The molecule has 24 heavy (non-hydrogen) atoms. The Balaban J connectivity index is 0. The monoisotopic (exact) mass is 344 g/mol. The van der Waals surface area contributed by atoms with Crippen LogP contribution in [0.1, 0.15) is 92.9 Å². The molecule has 144 valence electrons. The van der Waals surface area contributed by atoms with Crippen LogP contribution in [-0.4, -0.2) is 25.2 Å². The van der Waals surface area contributed by atoms with Crippen LogP contribution in [0, 0.1) is 11.8 Å². The van der Waals surface area contributed by atoms with E-state index >= 15 is 0 Å². The summed E-state index contributed by atoms with van der Waals surface area (Å²) in [5.41, 5.74) is 0. The van der Waals surface area contributed by atoms with E-state index in [1.165, 1.54) is 0 Å². The predicted octanol–water partition coefficient (Wildman–Crippen LogP) is 5.53. The quantitative estimate of drug-likeness (QED) is 0.345. The van der Waals surface area contributed by atoms with Gasteiger partial charge in [-0.2, -0.15) is 0 Å². The first-order valence-corrected chi connectivity index (χ1v) is 9.64. The van der Waals surface area contributed by atoms with E-state index in [4.69, 9.17) is 9.47 Å². The molecule has 0 spiro atoms. The van der Waals surface area contributed by atoms with Crippen LogP contribution < -0.4 is 0 Å². The zero-order valence-corrected chi connectivity index (χ0v) is 16.9. The van der Waals surface area contributed by atoms with Crippen molar-refractivity contribution in [2.45, 2.75) is 92.9 Å². The summed E-state index contributed by atoms with van der Waals surface area (Å²) in [6.07, 6.45) is 7.64. The second-order valence-corrected chi connectivity index (χ2v) is 7.07. The smallest absolute Gasteiger partial charge is 0.305 e. The molecule has 0 radical (unpaired) electrons. The fourth-order valence-corrected chi connectivity index (χ4v) is 1.70. The molecule has 4 heteroatoms. The van der Waals surface area contributed by atoms with Crippen molar-refractivity contribution in [2.24, 2.45) is 11.8 Å². The van der Waals surface area contributed by atoms with Crippen LogP contribution in [0.5, 0.6) is 0 Å². The molecule has 0 bridgehead atoms. The highest BCUT2D eigenvalue weighted by atomic mass is 16.5. The maximum atomic E-state index is 11.0. The van der Waals surface area contributed by atoms with Gasteiger partial charge in [0.2, 0.25) is 0 Å². The van der Waals surface area contributed by atoms with Crippen LogP contribution in [-0.2, 0) is 19.1 Å². The van der Waals surface area contributed by atoms with E-state index in [0.29, 0.717) is 37.9 Å². The van der Waals surface area contributed by atoms with Gasteiger partial charge in [-0.15, -0.1) is 0 Å². The van der Waals surface area contributed by atoms with Crippen molar-refractivity contribution in [3.8, 4) is 0 Å². The van der Waals surface area contributed by atoms with Crippen molar-refractivity contribution in [3.05, 3.63) is 0 Å². The Morgan fingerprint density at radius 3 is 1.25 bits per heavy atom. The highest BCUT2D eigenvalue weighted by Crippen LogP contribution is 2.02. The van der Waals surface area contributed by atoms with Crippen LogP contribution in [0.15, 0.2) is 0 Å². The van der Waals surface area contributed by atoms with E-state index in [1.54, 1.807) is 0 Å². The zero-order chi connectivity index (χ0) is 18.8. The summed E-state index contributed by atoms with van der Waals surface area (Å²) in [7, 11) is 0. The number of rotatable bonds is 12. The van der Waals surface area contributed by atoms with Gasteiger partial charge in [0, 0.05) is 12.8 Å². The summed E-state index contributed by atoms with van der Waals surface area (Å²) in [4.78, 5) is 22.0. The molecule has 0 aliphatic rings. The van der Waals surface area contributed by atoms with Crippen molar-refractivity contribution >= 4 is 11.9 Å². The standard InChI is InChI=1S/2C10H20O2/c2*1-4-5-6-7-10(11)12-8-9(2)3/h2*9H,4-8H2,1-3H3. The van der Waals surface area contributed by atoms with Crippen molar-refractivity contribution in [1.29, 1.82) is 0 Å². The summed E-state index contributed by atoms with van der Waals surface area (Å²) in [6, 6.07) is 0. The Labute approximate surface area is 149 Å². The maximum Gasteiger partial charge on any atom is 0.305 e. The first kappa shape index (κ1) is 25.2. The van der Waals surface area contributed by atoms with Crippen molar-refractivity contribution < 1.29 is 19.1 Å². The number of unbranched alkanes of at least 4 members (excludes halogenated alkanes) is 4. The molecule has 4 nitrogen and oxygen atoms in total. The normalized spacial score (nSPS) is 10.3. The lowest BCUT2D eigenvalue weighted by Gasteiger charge is -2.06. The van der Waals surface area contributed by atoms with Gasteiger partial charge < -0.3 is 9.47 Å². The Bertz CT molecular complexity index is 268. The first-order valence-electron chi connectivity index (χ1n) is 9.64. The fraction of sp³-hybridized carbons (Fsp3) is 0.900. The molecule has 0 atom stereocenters. The molecule has 0 aromatic heterocycles. The zero-order valence-electron chi connectivity index (χ0n) is 16.9. The number of esters is 2. The molecular weight excluding hydrogens is 304 g/mol. The van der Waals surface area contributed by atoms with Gasteiger partial charge in [0.25, 0.3) is 0 Å². The van der Waals surface area contributed by atoms with Gasteiger partial charge >= 0.3 is 11.9 Å². The number of hydrogen-bond acceptors (Lipinski definition) is 4. The third kappa shape index (κ3) is 23.2. The highest BCUT2D eigenvalue weighted by Gasteiger charge is 2.03. The summed E-state index contributed by atoms with van der Waals surface area (Å²) in [5.74, 6) is 0.801. The topological polar surface area (TPSA) is 52.6 Å². The lowest BCUT2D eigenvalue weighted by atomic mass is 10.2. The van der Waals surface area contributed by atoms with E-state index in [9.17, 15) is 9.59 Å². The highest BCUT2D eigenvalue weighted by molar-refractivity contribution is 5.69. The molecular formula is C20H40O4. The molecule has 0 fully saturated rings. The molecule has 0 saturated carbocycles. The first-order chi connectivity index (χ1) is 11.3. The van der Waals surface area contributed by atoms with E-state index < -0.39 is 0 Å². The second-order valence-electron chi connectivity index (χ2n) is 7.07. The molecule has 0 amide bonds. The van der Waals surface area contributed by atoms with Crippen molar-refractivity contribution in [1.82, 2.24) is 0 Å². The second kappa shape index (κ2) is 18.3. The number of carbonyl (C=O) groups excluding carboxylic acids is 2. The van der Waals surface area contributed by atoms with Crippen LogP contribution in [0.25, 0.3) is 0 Å². The van der Waals surface area contributed by atoms with Crippen LogP contribution in [0.4, 0.5) is 0 Å². The van der Waals surface area contributed by atoms with Gasteiger partial charge in [-0.25, -0.2) is 0 Å². The Hall–Kier alpha value is -1.06. The summed E-state index contributed by atoms with van der Waals surface area (Å²) >= 11 is 0. The fourth-order valence-electron chi connectivity index (χ4n) is 1.70. The molecule has 0 aromatic rings. The van der Waals surface area contributed by atoms with Gasteiger partial charge in [-0.1, -0.05) is 67.2 Å². The third-order valence-corrected chi connectivity index (χ3v) is 3.12. The molecule has 0 rings (SSSR count). The maximum absolute atomic E-state index is 11.0. The largest absolute Gasteiger partial charge is 0.465 e. The number of ether oxygens (including phenoxy) is 2. The van der Waals surface area contributed by atoms with Gasteiger partial charge in [0.1, 0.15) is 0 Å². The molecule has 0 aliphatic carbocycles. The molecule has 0 heterocycles. The minimum absolute atomic E-state index is 0.0443. The Kier molecular flexibility index (Phi) is 19.2. The lowest BCUT2D eigenvalue weighted by molar-refractivity contribution is -0.145. The van der Waals surface area contributed by atoms with Gasteiger partial charge in [0.15, 0.2) is 0 Å². The van der Waals surface area contributed by atoms with Gasteiger partial charge in [-0.3, -0.25) is 9.59 Å². The predicted molar refractivity (Wildman–Crippen MR) is 99.9 cm³/mol. The van der Waals surface area contributed by atoms with Crippen LogP contribution in [0.2, 0.25) is 0 Å². The molecule has 0 aliphatic heterocycles. The molecule has 0 aromatic carbocycles. The molecule has 0 saturated heterocycles. The number of carbonyl (C=O) groups is 2. The number of hydrogen-bond donors (Lipinski definition) is 0. The summed E-state index contributed by atoms with van der Waals surface area (Å²) in [5, 5.41) is 0. The summed E-state index contributed by atoms with van der Waals surface area (Å²) in [6.45, 7) is 13.5. The average molecular weight is 345 g/mol. The third-order valence-electron chi connectivity index (χ3n) is 3.12. The van der Waals surface area contributed by atoms with Crippen molar-refractivity contribution in [2.75, 3.05) is 13.2 Å². The summed E-state index contributed by atoms with van der Waals surface area (Å²) < 4.78 is 10.0. The van der Waals surface area contributed by atoms with E-state index in [-0.39, 0.29) is 11.9 Å². The van der Waals surface area contributed by atoms with Gasteiger partial charge in [0.05, 0.1) is 13.2 Å². The lowest BCUT2D eigenvalue weighted by Crippen LogP contribution is -2.09. The van der Waals surface area contributed by atoms with Crippen LogP contribution in [0.3, 0.4) is 0 Å². The minimum Gasteiger partial charge on any atom is -0.465 e. The van der Waals surface area contributed by atoms with E-state index in [1.807, 2.05) is 27.7 Å². The van der Waals surface area contributed by atoms with E-state index in [0.717, 1.165) is 38.5 Å². The minimum atomic E-state index is -0.0443. The molecule has 0 N–H and O–H groups in total. The SMILES string of the molecule is CCCCCC(=O)OCC(C)C.CCCCCC(=O)OCC(C)C. The Morgan fingerprint density at radius 1 is 0.667 bits per heavy atom. The van der Waals surface area contributed by atoms with E-state index in [2.05, 4.69) is 13.8 Å². The van der Waals surface area contributed by atoms with Gasteiger partial charge in [-0.05, 0) is 24.7 Å².